The molecule has 3 aliphatic rings. The highest BCUT2D eigenvalue weighted by Gasteiger charge is 2.45. The number of amides is 6. The van der Waals surface area contributed by atoms with Gasteiger partial charge in [-0.15, -0.1) is 6.58 Å². The Hall–Kier alpha value is -8.56. The smallest absolute Gasteiger partial charge is 0.278 e. The van der Waals surface area contributed by atoms with E-state index in [1.54, 1.807) is 61.0 Å². The predicted octanol–water partition coefficient (Wildman–Crippen LogP) is 3.87. The number of benzene rings is 3. The van der Waals surface area contributed by atoms with Gasteiger partial charge in [0.25, 0.3) is 17.4 Å². The summed E-state index contributed by atoms with van der Waals surface area (Å²) in [6.45, 7) is 11.7. The van der Waals surface area contributed by atoms with E-state index in [0.717, 1.165) is 53.6 Å². The summed E-state index contributed by atoms with van der Waals surface area (Å²) in [6, 6.07) is 24.7. The fourth-order valence-corrected chi connectivity index (χ4v) is 9.36. The summed E-state index contributed by atoms with van der Waals surface area (Å²) in [5.41, 5.74) is 3.78. The molecule has 6 aromatic rings. The van der Waals surface area contributed by atoms with Crippen LogP contribution in [0.1, 0.15) is 83.5 Å². The number of carbonyl (C=O) groups is 6. The minimum absolute atomic E-state index is 0.0450. The summed E-state index contributed by atoms with van der Waals surface area (Å²) >= 11 is 0. The van der Waals surface area contributed by atoms with Gasteiger partial charge in [0.1, 0.15) is 17.0 Å². The molecule has 6 amide bonds. The average Bonchev–Trinajstić information content (AvgIpc) is 3.83. The van der Waals surface area contributed by atoms with Gasteiger partial charge in [-0.3, -0.25) is 48.7 Å². The van der Waals surface area contributed by atoms with Crippen molar-refractivity contribution in [1.82, 2.24) is 50.1 Å². The van der Waals surface area contributed by atoms with Gasteiger partial charge in [-0.1, -0.05) is 42.5 Å². The normalized spacial score (nSPS) is 16.0. The first-order valence-corrected chi connectivity index (χ1v) is 25.0. The Morgan fingerprint density at radius 3 is 2.29 bits per heavy atom. The molecular weight excluding hydrogens is 959 g/mol. The van der Waals surface area contributed by atoms with Gasteiger partial charge in [-0.25, -0.2) is 19.3 Å². The predicted molar refractivity (Wildman–Crippen MR) is 280 cm³/mol. The SMILES string of the molecule is C=CCn1c(=O)c2cnc(Nc3ccc(N4CCN(CC(=O)NCCCCC(=O)NCc5ccc(CNc6cccc7c6C(=O)N(C6CCC(=O)NC6=O)C7=O)cc5)CC4)cc3)nc2n1-c1cccc(C(C)(C)O)n1. The average molecular weight is 1020 g/mol. The van der Waals surface area contributed by atoms with Gasteiger partial charge < -0.3 is 31.3 Å². The highest BCUT2D eigenvalue weighted by atomic mass is 16.3. The van der Waals surface area contributed by atoms with Gasteiger partial charge in [0, 0.05) is 81.9 Å². The van der Waals surface area contributed by atoms with Crippen molar-refractivity contribution in [3.8, 4) is 5.82 Å². The first-order valence-electron chi connectivity index (χ1n) is 25.0. The van der Waals surface area contributed by atoms with Crippen LogP contribution in [0.4, 0.5) is 23.0 Å². The zero-order chi connectivity index (χ0) is 52.8. The fraction of sp³-hybridized carbons (Fsp3) is 0.333. The zero-order valence-corrected chi connectivity index (χ0v) is 41.8. The molecule has 388 valence electrons. The maximum Gasteiger partial charge on any atom is 0.278 e. The Kier molecular flexibility index (Phi) is 15.3. The monoisotopic (exact) mass is 1020 g/mol. The van der Waals surface area contributed by atoms with Crippen molar-refractivity contribution in [1.29, 1.82) is 0 Å². The third-order valence-corrected chi connectivity index (χ3v) is 13.4. The number of fused-ring (bicyclic) bond motifs is 2. The van der Waals surface area contributed by atoms with Crippen LogP contribution in [0.2, 0.25) is 0 Å². The van der Waals surface area contributed by atoms with E-state index >= 15 is 0 Å². The number of carbonyl (C=O) groups excluding carboxylic acids is 6. The molecule has 0 spiro atoms. The number of nitrogens with zero attached hydrogens (tertiary/aromatic N) is 8. The first kappa shape index (κ1) is 51.3. The van der Waals surface area contributed by atoms with Gasteiger partial charge in [0.05, 0.1) is 29.9 Å². The standard InChI is InChI=1S/C54H59N13O8/c1-4-25-65-50(72)39-32-58-53(62-48(39)67(65)43-12-8-11-42(60-43)54(2,3)75)59-36-18-20-37(21-19-36)64-28-26-63(27-29-64)33-46(70)55-24-6-5-13-44(68)57-31-35-16-14-34(15-17-35)30-56-40-10-7-9-38-47(40)52(74)66(51(38)73)41-22-23-45(69)61-49(41)71/h4,7-12,14-21,32,41,56,75H,1,5-6,13,22-31,33H2,2-3H3,(H,55,70)(H,57,68)(H,58,59,62)(H,61,69,71). The van der Waals surface area contributed by atoms with Gasteiger partial charge >= 0.3 is 0 Å². The molecule has 1 unspecified atom stereocenters. The van der Waals surface area contributed by atoms with Gasteiger partial charge in [-0.05, 0) is 92.8 Å². The number of rotatable bonds is 20. The number of allylic oxidation sites excluding steroid dienone is 1. The molecule has 3 aromatic heterocycles. The van der Waals surface area contributed by atoms with E-state index in [-0.39, 0.29) is 47.9 Å². The van der Waals surface area contributed by atoms with Crippen LogP contribution >= 0.6 is 0 Å². The molecule has 6 N–H and O–H groups in total. The molecule has 0 bridgehead atoms. The number of aromatic nitrogens is 5. The number of pyridine rings is 1. The quantitative estimate of drug-likeness (QED) is 0.0361. The number of anilines is 4. The van der Waals surface area contributed by atoms with E-state index in [1.807, 2.05) is 48.5 Å². The number of nitrogens with one attached hydrogen (secondary N) is 5. The van der Waals surface area contributed by atoms with Crippen molar-refractivity contribution in [3.63, 3.8) is 0 Å². The molecule has 75 heavy (non-hydrogen) atoms. The van der Waals surface area contributed by atoms with Crippen molar-refractivity contribution in [3.05, 3.63) is 142 Å². The van der Waals surface area contributed by atoms with E-state index < -0.39 is 35.3 Å². The molecule has 1 atom stereocenters. The second kappa shape index (κ2) is 22.3. The number of piperazine rings is 1. The molecule has 6 heterocycles. The van der Waals surface area contributed by atoms with Crippen molar-refractivity contribution in [2.24, 2.45) is 0 Å². The Bertz CT molecular complexity index is 3230. The maximum absolute atomic E-state index is 13.4. The van der Waals surface area contributed by atoms with E-state index in [1.165, 1.54) is 10.9 Å². The number of imide groups is 2. The molecule has 3 aromatic carbocycles. The number of hydrogen-bond donors (Lipinski definition) is 6. The number of hydrogen-bond acceptors (Lipinski definition) is 15. The molecule has 2 saturated heterocycles. The topological polar surface area (TPSA) is 258 Å². The molecule has 0 radical (unpaired) electrons. The molecule has 0 aliphatic carbocycles. The lowest BCUT2D eigenvalue weighted by Gasteiger charge is -2.35. The van der Waals surface area contributed by atoms with Crippen molar-refractivity contribution >= 4 is 69.5 Å². The van der Waals surface area contributed by atoms with E-state index in [4.69, 9.17) is 4.98 Å². The van der Waals surface area contributed by atoms with Crippen LogP contribution in [0, 0.1) is 0 Å². The molecular formula is C54H59N13O8. The largest absolute Gasteiger partial charge is 0.384 e. The maximum atomic E-state index is 13.4. The third kappa shape index (κ3) is 11.6. The molecule has 3 aliphatic heterocycles. The van der Waals surface area contributed by atoms with Crippen LogP contribution in [-0.4, -0.2) is 120 Å². The van der Waals surface area contributed by atoms with Gasteiger partial charge in [-0.2, -0.15) is 4.98 Å². The Morgan fingerprint density at radius 1 is 0.840 bits per heavy atom. The minimum atomic E-state index is -1.20. The summed E-state index contributed by atoms with van der Waals surface area (Å²) in [5.74, 6) is -1.66. The van der Waals surface area contributed by atoms with Crippen LogP contribution in [-0.2, 0) is 44.4 Å². The van der Waals surface area contributed by atoms with Crippen molar-refractivity contribution in [2.75, 3.05) is 54.8 Å². The fourth-order valence-electron chi connectivity index (χ4n) is 9.36. The lowest BCUT2D eigenvalue weighted by atomic mass is 10.0. The number of aliphatic hydroxyl groups is 1. The molecule has 9 rings (SSSR count). The van der Waals surface area contributed by atoms with Crippen molar-refractivity contribution < 1.29 is 33.9 Å². The molecule has 21 nitrogen and oxygen atoms in total. The summed E-state index contributed by atoms with van der Waals surface area (Å²) in [7, 11) is 0. The van der Waals surface area contributed by atoms with Crippen LogP contribution in [0.25, 0.3) is 16.9 Å². The van der Waals surface area contributed by atoms with Crippen LogP contribution < -0.4 is 37.0 Å². The summed E-state index contributed by atoms with van der Waals surface area (Å²) in [6.07, 6.45) is 4.86. The van der Waals surface area contributed by atoms with Gasteiger partial charge in [0.2, 0.25) is 29.6 Å². The second-order valence-electron chi connectivity index (χ2n) is 19.2. The lowest BCUT2D eigenvalue weighted by molar-refractivity contribution is -0.136. The third-order valence-electron chi connectivity index (χ3n) is 13.4. The molecule has 2 fully saturated rings. The Labute approximate surface area is 432 Å². The van der Waals surface area contributed by atoms with Gasteiger partial charge in [0.15, 0.2) is 11.5 Å². The van der Waals surface area contributed by atoms with Crippen LogP contribution in [0.5, 0.6) is 0 Å². The minimum Gasteiger partial charge on any atom is -0.384 e. The summed E-state index contributed by atoms with van der Waals surface area (Å²) in [4.78, 5) is 109. The van der Waals surface area contributed by atoms with E-state index in [2.05, 4.69) is 52.9 Å². The van der Waals surface area contributed by atoms with E-state index in [9.17, 15) is 38.7 Å². The summed E-state index contributed by atoms with van der Waals surface area (Å²) in [5, 5.41) is 25.6. The second-order valence-corrected chi connectivity index (χ2v) is 19.2. The van der Waals surface area contributed by atoms with E-state index in [0.29, 0.717) is 79.6 Å². The number of piperidine rings is 1. The Morgan fingerprint density at radius 2 is 1.57 bits per heavy atom. The highest BCUT2D eigenvalue weighted by molar-refractivity contribution is 6.25. The Balaban J connectivity index is 0.663. The number of unbranched alkanes of at least 4 members (excludes halogenated alkanes) is 1. The zero-order valence-electron chi connectivity index (χ0n) is 41.8. The molecule has 21 heteroatoms. The van der Waals surface area contributed by atoms with Crippen molar-refractivity contribution in [2.45, 2.75) is 77.2 Å². The van der Waals surface area contributed by atoms with Crippen LogP contribution in [0.3, 0.4) is 0 Å². The molecule has 0 saturated carbocycles. The summed E-state index contributed by atoms with van der Waals surface area (Å²) < 4.78 is 3.10. The lowest BCUT2D eigenvalue weighted by Crippen LogP contribution is -2.54. The first-order chi connectivity index (χ1) is 36.1. The van der Waals surface area contributed by atoms with Crippen LogP contribution in [0.15, 0.2) is 109 Å². The highest BCUT2D eigenvalue weighted by Crippen LogP contribution is 2.33.